The summed E-state index contributed by atoms with van der Waals surface area (Å²) in [5.74, 6) is -0.126. The van der Waals surface area contributed by atoms with Crippen molar-refractivity contribution in [3.8, 4) is 0 Å². The van der Waals surface area contributed by atoms with Gasteiger partial charge < -0.3 is 14.5 Å². The largest absolute Gasteiger partial charge is 0.469 e. The Bertz CT molecular complexity index is 184. The van der Waals surface area contributed by atoms with E-state index in [0.717, 1.165) is 19.6 Å². The van der Waals surface area contributed by atoms with Crippen LogP contribution in [0, 0.1) is 0 Å². The average Bonchev–Trinajstić information content (AvgIpc) is 2.24. The summed E-state index contributed by atoms with van der Waals surface area (Å²) in [6.07, 6.45) is 4.19. The number of methoxy groups -OCH3 is 1. The van der Waals surface area contributed by atoms with Crippen molar-refractivity contribution in [1.82, 2.24) is 9.80 Å². The Balaban J connectivity index is 3.30. The summed E-state index contributed by atoms with van der Waals surface area (Å²) in [4.78, 5) is 15.3. The highest BCUT2D eigenvalue weighted by molar-refractivity contribution is 5.69. The first-order chi connectivity index (χ1) is 7.56. The number of carbonyl (C=O) groups excluding carboxylic acids is 1. The Labute approximate surface area is 99.5 Å². The number of hydrogen-bond acceptors (Lipinski definition) is 4. The van der Waals surface area contributed by atoms with E-state index in [2.05, 4.69) is 35.7 Å². The Kier molecular flexibility index (Phi) is 9.24. The fourth-order valence-electron chi connectivity index (χ4n) is 1.48. The molecule has 0 heterocycles. The van der Waals surface area contributed by atoms with Gasteiger partial charge >= 0.3 is 5.97 Å². The van der Waals surface area contributed by atoms with Crippen LogP contribution in [0.4, 0.5) is 0 Å². The van der Waals surface area contributed by atoms with Crippen molar-refractivity contribution in [2.45, 2.75) is 25.7 Å². The fourth-order valence-corrected chi connectivity index (χ4v) is 1.48. The van der Waals surface area contributed by atoms with Gasteiger partial charge in [-0.1, -0.05) is 6.42 Å². The van der Waals surface area contributed by atoms with E-state index in [1.807, 2.05) is 0 Å². The highest BCUT2D eigenvalue weighted by Gasteiger charge is 2.03. The number of hydrogen-bond donors (Lipinski definition) is 0. The molecule has 0 aliphatic rings. The Hall–Kier alpha value is -0.610. The number of unbranched alkanes of at least 4 members (excludes halogenated alkanes) is 2. The van der Waals surface area contributed by atoms with Gasteiger partial charge in [-0.05, 0) is 47.1 Å². The van der Waals surface area contributed by atoms with E-state index in [4.69, 9.17) is 0 Å². The van der Waals surface area contributed by atoms with Crippen LogP contribution in [0.1, 0.15) is 25.7 Å². The standard InChI is InChI=1S/C12H26N2O2/c1-13(2)9-6-5-7-10-14(3)11-8-12(15)16-4/h5-11H2,1-4H3. The second kappa shape index (κ2) is 9.60. The summed E-state index contributed by atoms with van der Waals surface area (Å²) < 4.78 is 4.60. The summed E-state index contributed by atoms with van der Waals surface area (Å²) in [6, 6.07) is 0. The number of ether oxygens (including phenoxy) is 1. The van der Waals surface area contributed by atoms with Gasteiger partial charge in [-0.3, -0.25) is 4.79 Å². The molecule has 0 aliphatic carbocycles. The molecule has 0 rings (SSSR count). The maximum atomic E-state index is 10.9. The molecule has 0 unspecified atom stereocenters. The molecule has 0 aromatic rings. The molecule has 0 aromatic heterocycles. The molecule has 4 heteroatoms. The summed E-state index contributed by atoms with van der Waals surface area (Å²) in [7, 11) is 7.68. The van der Waals surface area contributed by atoms with Gasteiger partial charge in [0.25, 0.3) is 0 Å². The zero-order valence-corrected chi connectivity index (χ0v) is 11.2. The average molecular weight is 230 g/mol. The summed E-state index contributed by atoms with van der Waals surface area (Å²) in [5.41, 5.74) is 0. The van der Waals surface area contributed by atoms with Gasteiger partial charge in [-0.15, -0.1) is 0 Å². The number of carbonyl (C=O) groups is 1. The first-order valence-electron chi connectivity index (χ1n) is 5.96. The van der Waals surface area contributed by atoms with Gasteiger partial charge in [0.15, 0.2) is 0 Å². The van der Waals surface area contributed by atoms with E-state index in [-0.39, 0.29) is 5.97 Å². The van der Waals surface area contributed by atoms with Gasteiger partial charge in [0.05, 0.1) is 13.5 Å². The summed E-state index contributed by atoms with van der Waals surface area (Å²) in [6.45, 7) is 3.01. The van der Waals surface area contributed by atoms with Crippen molar-refractivity contribution >= 4 is 5.97 Å². The highest BCUT2D eigenvalue weighted by Crippen LogP contribution is 1.99. The van der Waals surface area contributed by atoms with Crippen molar-refractivity contribution in [2.75, 3.05) is 47.9 Å². The minimum absolute atomic E-state index is 0.126. The molecule has 0 radical (unpaired) electrons. The monoisotopic (exact) mass is 230 g/mol. The molecule has 0 N–H and O–H groups in total. The number of nitrogens with zero attached hydrogens (tertiary/aromatic N) is 2. The van der Waals surface area contributed by atoms with E-state index in [0.29, 0.717) is 6.42 Å². The molecule has 4 nitrogen and oxygen atoms in total. The normalized spacial score (nSPS) is 11.1. The van der Waals surface area contributed by atoms with Gasteiger partial charge in [0.1, 0.15) is 0 Å². The van der Waals surface area contributed by atoms with E-state index in [1.54, 1.807) is 0 Å². The smallest absolute Gasteiger partial charge is 0.306 e. The van der Waals surface area contributed by atoms with E-state index >= 15 is 0 Å². The van der Waals surface area contributed by atoms with Crippen LogP contribution in [0.5, 0.6) is 0 Å². The van der Waals surface area contributed by atoms with Gasteiger partial charge in [0, 0.05) is 6.54 Å². The third kappa shape index (κ3) is 9.93. The lowest BCUT2D eigenvalue weighted by Crippen LogP contribution is -2.23. The zero-order chi connectivity index (χ0) is 12.4. The molecule has 0 atom stereocenters. The predicted molar refractivity (Wildman–Crippen MR) is 66.5 cm³/mol. The molecule has 16 heavy (non-hydrogen) atoms. The van der Waals surface area contributed by atoms with E-state index in [1.165, 1.54) is 26.4 Å². The SMILES string of the molecule is COC(=O)CCN(C)CCCCCN(C)C. The Morgan fingerprint density at radius 3 is 2.19 bits per heavy atom. The second-order valence-electron chi connectivity index (χ2n) is 4.49. The lowest BCUT2D eigenvalue weighted by Gasteiger charge is -2.16. The van der Waals surface area contributed by atoms with Crippen molar-refractivity contribution in [1.29, 1.82) is 0 Å². The zero-order valence-electron chi connectivity index (χ0n) is 11.2. The van der Waals surface area contributed by atoms with E-state index in [9.17, 15) is 4.79 Å². The molecule has 0 aliphatic heterocycles. The molecule has 0 fully saturated rings. The minimum Gasteiger partial charge on any atom is -0.469 e. The highest BCUT2D eigenvalue weighted by atomic mass is 16.5. The molecular weight excluding hydrogens is 204 g/mol. The molecule has 96 valence electrons. The van der Waals surface area contributed by atoms with Crippen LogP contribution in [-0.2, 0) is 9.53 Å². The molecule has 0 aromatic carbocycles. The molecule has 0 spiro atoms. The third-order valence-electron chi connectivity index (χ3n) is 2.57. The molecule has 0 saturated carbocycles. The van der Waals surface area contributed by atoms with Crippen LogP contribution in [-0.4, -0.2) is 63.7 Å². The lowest BCUT2D eigenvalue weighted by atomic mass is 10.2. The van der Waals surface area contributed by atoms with Crippen LogP contribution in [0.25, 0.3) is 0 Å². The quantitative estimate of drug-likeness (QED) is 0.440. The Morgan fingerprint density at radius 2 is 1.62 bits per heavy atom. The minimum atomic E-state index is -0.126. The molecule has 0 saturated heterocycles. The topological polar surface area (TPSA) is 32.8 Å². The Morgan fingerprint density at radius 1 is 1.00 bits per heavy atom. The van der Waals surface area contributed by atoms with Crippen molar-refractivity contribution < 1.29 is 9.53 Å². The molecule has 0 amide bonds. The van der Waals surface area contributed by atoms with Gasteiger partial charge in [-0.2, -0.15) is 0 Å². The third-order valence-corrected chi connectivity index (χ3v) is 2.57. The van der Waals surface area contributed by atoms with Gasteiger partial charge in [-0.25, -0.2) is 0 Å². The van der Waals surface area contributed by atoms with Crippen LogP contribution in [0.3, 0.4) is 0 Å². The lowest BCUT2D eigenvalue weighted by molar-refractivity contribution is -0.140. The molecular formula is C12H26N2O2. The van der Waals surface area contributed by atoms with Crippen molar-refractivity contribution in [3.05, 3.63) is 0 Å². The van der Waals surface area contributed by atoms with Gasteiger partial charge in [0.2, 0.25) is 0 Å². The van der Waals surface area contributed by atoms with Crippen LogP contribution in [0.2, 0.25) is 0 Å². The van der Waals surface area contributed by atoms with Crippen molar-refractivity contribution in [2.24, 2.45) is 0 Å². The number of esters is 1. The number of rotatable bonds is 9. The maximum absolute atomic E-state index is 10.9. The maximum Gasteiger partial charge on any atom is 0.306 e. The summed E-state index contributed by atoms with van der Waals surface area (Å²) in [5, 5.41) is 0. The van der Waals surface area contributed by atoms with E-state index < -0.39 is 0 Å². The second-order valence-corrected chi connectivity index (χ2v) is 4.49. The fraction of sp³-hybridized carbons (Fsp3) is 0.917. The first-order valence-corrected chi connectivity index (χ1v) is 5.96. The predicted octanol–water partition coefficient (Wildman–Crippen LogP) is 1.21. The van der Waals surface area contributed by atoms with Crippen LogP contribution in [0.15, 0.2) is 0 Å². The summed E-state index contributed by atoms with van der Waals surface area (Å²) >= 11 is 0. The first kappa shape index (κ1) is 15.4. The van der Waals surface area contributed by atoms with Crippen molar-refractivity contribution in [3.63, 3.8) is 0 Å². The van der Waals surface area contributed by atoms with Crippen LogP contribution < -0.4 is 0 Å². The molecule has 0 bridgehead atoms. The van der Waals surface area contributed by atoms with Crippen LogP contribution >= 0.6 is 0 Å².